The molecular weight excluding hydrogens is 339 g/mol. The number of aliphatic hydroxyl groups is 1. The third-order valence-corrected chi connectivity index (χ3v) is 3.61. The van der Waals surface area contributed by atoms with Gasteiger partial charge in [-0.15, -0.1) is 0 Å². The molecule has 0 aromatic heterocycles. The van der Waals surface area contributed by atoms with Crippen LogP contribution < -0.4 is 10.6 Å². The molecule has 2 rings (SSSR count). The van der Waals surface area contributed by atoms with E-state index in [0.717, 1.165) is 5.56 Å². The van der Waals surface area contributed by atoms with Crippen molar-refractivity contribution in [3.05, 3.63) is 65.5 Å². The number of anilines is 1. The van der Waals surface area contributed by atoms with Crippen molar-refractivity contribution in [1.82, 2.24) is 5.32 Å². The van der Waals surface area contributed by atoms with Crippen molar-refractivity contribution in [2.45, 2.75) is 19.6 Å². The van der Waals surface area contributed by atoms with Gasteiger partial charge in [0.2, 0.25) is 0 Å². The van der Waals surface area contributed by atoms with Crippen LogP contribution in [0.1, 0.15) is 22.8 Å². The Bertz CT molecular complexity index is 749. The van der Waals surface area contributed by atoms with Crippen molar-refractivity contribution in [3.63, 3.8) is 0 Å². The lowest BCUT2D eigenvalue weighted by atomic mass is 10.1. The fraction of sp³-hybridized carbons (Fsp3) is 0.263. The first-order valence-electron chi connectivity index (χ1n) is 8.18. The van der Waals surface area contributed by atoms with Crippen LogP contribution in [-0.2, 0) is 16.1 Å². The number of benzene rings is 2. The molecule has 3 N–H and O–H groups in total. The zero-order valence-corrected chi connectivity index (χ0v) is 14.4. The van der Waals surface area contributed by atoms with Crippen molar-refractivity contribution in [2.24, 2.45) is 0 Å². The Morgan fingerprint density at radius 1 is 1.15 bits per heavy atom. The highest BCUT2D eigenvalue weighted by molar-refractivity contribution is 5.97. The van der Waals surface area contributed by atoms with Gasteiger partial charge in [-0.05, 0) is 36.8 Å². The summed E-state index contributed by atoms with van der Waals surface area (Å²) in [5.74, 6) is -1.45. The van der Waals surface area contributed by atoms with Gasteiger partial charge < -0.3 is 20.5 Å². The maximum absolute atomic E-state index is 12.9. The van der Waals surface area contributed by atoms with Crippen LogP contribution in [0.3, 0.4) is 0 Å². The van der Waals surface area contributed by atoms with Crippen LogP contribution in [0.5, 0.6) is 0 Å². The fourth-order valence-corrected chi connectivity index (χ4v) is 2.22. The summed E-state index contributed by atoms with van der Waals surface area (Å²) in [6.07, 6.45) is -0.992. The third kappa shape index (κ3) is 5.56. The molecule has 0 saturated carbocycles. The molecule has 0 fully saturated rings. The molecule has 2 aromatic carbocycles. The maximum atomic E-state index is 12.9. The van der Waals surface area contributed by atoms with Crippen molar-refractivity contribution in [2.75, 3.05) is 18.5 Å². The van der Waals surface area contributed by atoms with Crippen LogP contribution in [0, 0.1) is 5.82 Å². The molecule has 2 aromatic rings. The van der Waals surface area contributed by atoms with E-state index in [9.17, 15) is 14.0 Å². The minimum atomic E-state index is -0.992. The number of hydrogen-bond donors (Lipinski definition) is 3. The molecular formula is C19H21FN2O4. The van der Waals surface area contributed by atoms with Crippen LogP contribution in [0.4, 0.5) is 10.1 Å². The molecule has 7 heteroatoms. The lowest BCUT2D eigenvalue weighted by molar-refractivity contribution is -0.129. The average Bonchev–Trinajstić information content (AvgIpc) is 2.65. The van der Waals surface area contributed by atoms with Crippen LogP contribution >= 0.6 is 0 Å². The van der Waals surface area contributed by atoms with E-state index < -0.39 is 18.0 Å². The van der Waals surface area contributed by atoms with Gasteiger partial charge >= 0.3 is 5.97 Å². The highest BCUT2D eigenvalue weighted by atomic mass is 19.1. The number of hydrogen-bond acceptors (Lipinski definition) is 5. The van der Waals surface area contributed by atoms with Gasteiger partial charge in [-0.3, -0.25) is 4.79 Å². The van der Waals surface area contributed by atoms with Crippen molar-refractivity contribution in [1.29, 1.82) is 0 Å². The fourth-order valence-electron chi connectivity index (χ4n) is 2.22. The molecule has 0 bridgehead atoms. The molecule has 6 nitrogen and oxygen atoms in total. The Kier molecular flexibility index (Phi) is 7.11. The summed E-state index contributed by atoms with van der Waals surface area (Å²) >= 11 is 0. The highest BCUT2D eigenvalue weighted by Crippen LogP contribution is 2.16. The normalized spacial score (nSPS) is 11.5. The Balaban J connectivity index is 1.91. The third-order valence-electron chi connectivity index (χ3n) is 3.61. The number of amides is 1. The topological polar surface area (TPSA) is 87.7 Å². The van der Waals surface area contributed by atoms with Crippen LogP contribution in [-0.4, -0.2) is 36.2 Å². The second kappa shape index (κ2) is 9.53. The summed E-state index contributed by atoms with van der Waals surface area (Å²) in [7, 11) is 0. The number of carbonyl (C=O) groups excluding carboxylic acids is 2. The molecule has 0 saturated heterocycles. The van der Waals surface area contributed by atoms with Crippen molar-refractivity contribution in [3.8, 4) is 0 Å². The number of para-hydroxylation sites is 1. The standard InChI is InChI=1S/C19H21FN2O4/c1-13(18(24)22-12-14-6-8-15(20)9-7-14)26-19(25)16-4-2-3-5-17(16)21-10-11-23/h2-9,13,21,23H,10-12H2,1H3,(H,22,24). The molecule has 0 heterocycles. The predicted octanol–water partition coefficient (Wildman–Crippen LogP) is 2.09. The SMILES string of the molecule is CC(OC(=O)c1ccccc1NCCO)C(=O)NCc1ccc(F)cc1. The molecule has 0 aliphatic carbocycles. The molecule has 1 unspecified atom stereocenters. The Morgan fingerprint density at radius 3 is 2.54 bits per heavy atom. The summed E-state index contributed by atoms with van der Waals surface area (Å²) in [6.45, 7) is 1.89. The van der Waals surface area contributed by atoms with E-state index >= 15 is 0 Å². The molecule has 1 atom stereocenters. The number of esters is 1. The summed E-state index contributed by atoms with van der Waals surface area (Å²) in [5.41, 5.74) is 1.53. The molecule has 1 amide bonds. The quantitative estimate of drug-likeness (QED) is 0.628. The second-order valence-corrected chi connectivity index (χ2v) is 5.59. The van der Waals surface area contributed by atoms with E-state index in [1.54, 1.807) is 36.4 Å². The number of aliphatic hydroxyl groups excluding tert-OH is 1. The van der Waals surface area contributed by atoms with E-state index in [-0.39, 0.29) is 31.1 Å². The molecule has 138 valence electrons. The summed E-state index contributed by atoms with van der Waals surface area (Å²) in [4.78, 5) is 24.4. The Labute approximate surface area is 151 Å². The summed E-state index contributed by atoms with van der Waals surface area (Å²) in [5, 5.41) is 14.4. The van der Waals surface area contributed by atoms with E-state index in [4.69, 9.17) is 9.84 Å². The number of ether oxygens (including phenoxy) is 1. The predicted molar refractivity (Wildman–Crippen MR) is 95.1 cm³/mol. The maximum Gasteiger partial charge on any atom is 0.341 e. The second-order valence-electron chi connectivity index (χ2n) is 5.59. The number of halogens is 1. The summed E-state index contributed by atoms with van der Waals surface area (Å²) < 4.78 is 18.1. The van der Waals surface area contributed by atoms with Gasteiger partial charge in [0.05, 0.1) is 12.2 Å². The van der Waals surface area contributed by atoms with Gasteiger partial charge in [0, 0.05) is 18.8 Å². The van der Waals surface area contributed by atoms with Gasteiger partial charge in [-0.25, -0.2) is 9.18 Å². The van der Waals surface area contributed by atoms with Gasteiger partial charge in [-0.2, -0.15) is 0 Å². The smallest absolute Gasteiger partial charge is 0.341 e. The summed E-state index contributed by atoms with van der Waals surface area (Å²) in [6, 6.07) is 12.4. The van der Waals surface area contributed by atoms with Crippen molar-refractivity contribution < 1.29 is 23.8 Å². The molecule has 0 spiro atoms. The Morgan fingerprint density at radius 2 is 1.85 bits per heavy atom. The first-order chi connectivity index (χ1) is 12.5. The van der Waals surface area contributed by atoms with E-state index in [1.165, 1.54) is 19.1 Å². The zero-order chi connectivity index (χ0) is 18.9. The number of carbonyl (C=O) groups is 2. The molecule has 0 aliphatic rings. The van der Waals surface area contributed by atoms with Crippen molar-refractivity contribution >= 4 is 17.6 Å². The Hall–Kier alpha value is -2.93. The lowest BCUT2D eigenvalue weighted by Gasteiger charge is -2.15. The van der Waals surface area contributed by atoms with Crippen LogP contribution in [0.2, 0.25) is 0 Å². The van der Waals surface area contributed by atoms with Gasteiger partial charge in [0.25, 0.3) is 5.91 Å². The first-order valence-corrected chi connectivity index (χ1v) is 8.18. The van der Waals surface area contributed by atoms with Gasteiger partial charge in [-0.1, -0.05) is 24.3 Å². The minimum absolute atomic E-state index is 0.0778. The molecule has 0 aliphatic heterocycles. The van der Waals surface area contributed by atoms with Crippen LogP contribution in [0.25, 0.3) is 0 Å². The lowest BCUT2D eigenvalue weighted by Crippen LogP contribution is -2.35. The molecule has 26 heavy (non-hydrogen) atoms. The van der Waals surface area contributed by atoms with Crippen LogP contribution in [0.15, 0.2) is 48.5 Å². The average molecular weight is 360 g/mol. The van der Waals surface area contributed by atoms with E-state index in [2.05, 4.69) is 10.6 Å². The number of nitrogens with one attached hydrogen (secondary N) is 2. The minimum Gasteiger partial charge on any atom is -0.449 e. The first kappa shape index (κ1) is 19.4. The van der Waals surface area contributed by atoms with E-state index in [0.29, 0.717) is 5.69 Å². The largest absolute Gasteiger partial charge is 0.449 e. The number of rotatable bonds is 8. The zero-order valence-electron chi connectivity index (χ0n) is 14.4. The monoisotopic (exact) mass is 360 g/mol. The highest BCUT2D eigenvalue weighted by Gasteiger charge is 2.20. The van der Waals surface area contributed by atoms with Gasteiger partial charge in [0.1, 0.15) is 5.82 Å². The van der Waals surface area contributed by atoms with Gasteiger partial charge in [0.15, 0.2) is 6.10 Å². The van der Waals surface area contributed by atoms with E-state index in [1.807, 2.05) is 0 Å². The molecule has 0 radical (unpaired) electrons.